The molecule has 0 amide bonds. The number of nitrogens with zero attached hydrogens (tertiary/aromatic N) is 3. The number of rotatable bonds is 7. The number of sulfonamides is 1. The normalized spacial score (nSPS) is 25.1. The van der Waals surface area contributed by atoms with Gasteiger partial charge in [0.2, 0.25) is 10.0 Å². The zero-order chi connectivity index (χ0) is 28.7. The number of thiocarbonyl (C=S) groups is 1. The van der Waals surface area contributed by atoms with Crippen molar-refractivity contribution in [1.82, 2.24) is 9.21 Å². The SMILES string of the molecule is CCc1cc(NC(=S)N(CC2CCN(S(C)(=O)=O)CC2)C2CC[C@]3(c4cccc(C#N)c4)C[C@@H]3C2)c(N)cc1C. The Balaban J connectivity index is 1.34. The van der Waals surface area contributed by atoms with Gasteiger partial charge in [-0.15, -0.1) is 0 Å². The third-order valence-electron chi connectivity index (χ3n) is 9.61. The maximum atomic E-state index is 12.1. The van der Waals surface area contributed by atoms with Gasteiger partial charge in [-0.3, -0.25) is 0 Å². The average Bonchev–Trinajstić information content (AvgIpc) is 3.68. The number of piperidine rings is 1. The van der Waals surface area contributed by atoms with E-state index in [4.69, 9.17) is 18.0 Å². The van der Waals surface area contributed by atoms with Gasteiger partial charge in [0.05, 0.1) is 29.3 Å². The van der Waals surface area contributed by atoms with Crippen LogP contribution in [0.5, 0.6) is 0 Å². The van der Waals surface area contributed by atoms with Crippen molar-refractivity contribution < 1.29 is 8.42 Å². The highest BCUT2D eigenvalue weighted by molar-refractivity contribution is 7.88. The number of hydrogen-bond acceptors (Lipinski definition) is 5. The zero-order valence-electron chi connectivity index (χ0n) is 23.8. The minimum atomic E-state index is -3.16. The van der Waals surface area contributed by atoms with Crippen LogP contribution in [0.3, 0.4) is 0 Å². The van der Waals surface area contributed by atoms with Gasteiger partial charge in [0.1, 0.15) is 0 Å². The lowest BCUT2D eigenvalue weighted by molar-refractivity contribution is 0.174. The molecule has 214 valence electrons. The van der Waals surface area contributed by atoms with Crippen molar-refractivity contribution in [3.8, 4) is 6.07 Å². The molecule has 0 spiro atoms. The second kappa shape index (κ2) is 11.3. The Labute approximate surface area is 244 Å². The Bertz CT molecular complexity index is 1430. The Morgan fingerprint density at radius 2 is 2.00 bits per heavy atom. The number of nitriles is 1. The largest absolute Gasteiger partial charge is 0.397 e. The van der Waals surface area contributed by atoms with Crippen LogP contribution in [0.4, 0.5) is 11.4 Å². The van der Waals surface area contributed by atoms with E-state index in [1.807, 2.05) is 18.2 Å². The van der Waals surface area contributed by atoms with Gasteiger partial charge in [0, 0.05) is 25.7 Å². The van der Waals surface area contributed by atoms with E-state index >= 15 is 0 Å². The number of anilines is 2. The third-order valence-corrected chi connectivity index (χ3v) is 11.2. The van der Waals surface area contributed by atoms with E-state index in [-0.39, 0.29) is 5.41 Å². The van der Waals surface area contributed by atoms with Gasteiger partial charge in [-0.25, -0.2) is 12.7 Å². The summed E-state index contributed by atoms with van der Waals surface area (Å²) >= 11 is 6.08. The molecule has 2 aromatic rings. The molecular weight excluding hydrogens is 539 g/mol. The van der Waals surface area contributed by atoms with E-state index in [0.717, 1.165) is 62.7 Å². The van der Waals surface area contributed by atoms with Gasteiger partial charge in [-0.2, -0.15) is 5.26 Å². The monoisotopic (exact) mass is 579 g/mol. The molecular formula is C31H41N5O2S2. The van der Waals surface area contributed by atoms with Gasteiger partial charge in [0.15, 0.2) is 5.11 Å². The minimum absolute atomic E-state index is 0.183. The fraction of sp³-hybridized carbons (Fsp3) is 0.548. The van der Waals surface area contributed by atoms with Crippen LogP contribution in [-0.4, -0.2) is 54.7 Å². The lowest BCUT2D eigenvalue weighted by atomic mass is 9.79. The standard InChI is InChI=1S/C31H41N5O2S2/c1-4-24-16-29(28(33)14-21(24)2)34-30(39)36(20-22-9-12-35(13-10-22)40(3,37)38)27-8-11-31(18-26(31)17-27)25-7-5-6-23(15-25)19-32/h5-7,14-16,22,26-27H,4,8-13,17-18,20,33H2,1-3H3,(H,34,39)/t26-,27?,31+/m0/s1. The number of nitrogen functional groups attached to an aromatic ring is 1. The molecule has 1 saturated heterocycles. The van der Waals surface area contributed by atoms with E-state index < -0.39 is 10.0 Å². The van der Waals surface area contributed by atoms with Crippen LogP contribution in [0, 0.1) is 30.1 Å². The van der Waals surface area contributed by atoms with Gasteiger partial charge < -0.3 is 16.0 Å². The van der Waals surface area contributed by atoms with Gasteiger partial charge in [-0.1, -0.05) is 19.1 Å². The van der Waals surface area contributed by atoms with E-state index in [9.17, 15) is 13.7 Å². The van der Waals surface area contributed by atoms with Crippen LogP contribution in [0.25, 0.3) is 0 Å². The maximum Gasteiger partial charge on any atom is 0.211 e. The summed E-state index contributed by atoms with van der Waals surface area (Å²) in [4.78, 5) is 2.38. The highest BCUT2D eigenvalue weighted by Gasteiger charge is 2.58. The van der Waals surface area contributed by atoms with Crippen LogP contribution in [-0.2, 0) is 21.9 Å². The van der Waals surface area contributed by atoms with Crippen molar-refractivity contribution in [2.75, 3.05) is 36.9 Å². The van der Waals surface area contributed by atoms with Crippen LogP contribution in [0.2, 0.25) is 0 Å². The van der Waals surface area contributed by atoms with Crippen LogP contribution in [0.15, 0.2) is 36.4 Å². The maximum absolute atomic E-state index is 12.1. The lowest BCUT2D eigenvalue weighted by Gasteiger charge is -2.41. The predicted molar refractivity (Wildman–Crippen MR) is 166 cm³/mol. The van der Waals surface area contributed by atoms with Crippen LogP contribution in [0.1, 0.15) is 67.7 Å². The molecule has 40 heavy (non-hydrogen) atoms. The fourth-order valence-corrected chi connectivity index (χ4v) is 8.30. The Morgan fingerprint density at radius 3 is 2.65 bits per heavy atom. The van der Waals surface area contributed by atoms with Crippen molar-refractivity contribution in [1.29, 1.82) is 5.26 Å². The topological polar surface area (TPSA) is 102 Å². The molecule has 0 bridgehead atoms. The molecule has 3 N–H and O–H groups in total. The second-order valence-electron chi connectivity index (χ2n) is 12.1. The highest BCUT2D eigenvalue weighted by Crippen LogP contribution is 2.63. The number of nitrogens with two attached hydrogens (primary N) is 1. The summed E-state index contributed by atoms with van der Waals surface area (Å²) in [6, 6.07) is 14.9. The van der Waals surface area contributed by atoms with Crippen LogP contribution < -0.4 is 11.1 Å². The summed E-state index contributed by atoms with van der Waals surface area (Å²) in [5.41, 5.74) is 12.6. The molecule has 3 atom stereocenters. The van der Waals surface area contributed by atoms with Crippen LogP contribution >= 0.6 is 12.2 Å². The number of benzene rings is 2. The molecule has 3 fully saturated rings. The summed E-state index contributed by atoms with van der Waals surface area (Å²) in [6.07, 6.45) is 8.21. The molecule has 2 aliphatic carbocycles. The highest BCUT2D eigenvalue weighted by atomic mass is 32.2. The van der Waals surface area contributed by atoms with Gasteiger partial charge in [-0.05, 0) is 122 Å². The van der Waals surface area contributed by atoms with Crippen molar-refractivity contribution >= 4 is 38.7 Å². The number of fused-ring (bicyclic) bond motifs is 1. The molecule has 2 saturated carbocycles. The van der Waals surface area contributed by atoms with E-state index in [0.29, 0.717) is 41.8 Å². The third kappa shape index (κ3) is 5.86. The number of hydrogen-bond donors (Lipinski definition) is 2. The molecule has 2 aromatic carbocycles. The summed E-state index contributed by atoms with van der Waals surface area (Å²) in [7, 11) is -3.16. The van der Waals surface area contributed by atoms with Crippen molar-refractivity contribution in [2.45, 2.75) is 70.3 Å². The molecule has 1 heterocycles. The molecule has 1 unspecified atom stereocenters. The van der Waals surface area contributed by atoms with E-state index in [2.05, 4.69) is 48.3 Å². The first-order valence-electron chi connectivity index (χ1n) is 14.5. The zero-order valence-corrected chi connectivity index (χ0v) is 25.5. The minimum Gasteiger partial charge on any atom is -0.397 e. The molecule has 7 nitrogen and oxygen atoms in total. The Hall–Kier alpha value is -2.67. The molecule has 0 aromatic heterocycles. The summed E-state index contributed by atoms with van der Waals surface area (Å²) in [5, 5.41) is 13.6. The first-order chi connectivity index (χ1) is 19.0. The predicted octanol–water partition coefficient (Wildman–Crippen LogP) is 5.19. The van der Waals surface area contributed by atoms with Gasteiger partial charge in [0.25, 0.3) is 0 Å². The van der Waals surface area contributed by atoms with Crippen molar-refractivity contribution in [3.05, 3.63) is 58.7 Å². The van der Waals surface area contributed by atoms with E-state index in [1.54, 1.807) is 4.31 Å². The molecule has 0 radical (unpaired) electrons. The molecule has 1 aliphatic heterocycles. The van der Waals surface area contributed by atoms with Gasteiger partial charge >= 0.3 is 0 Å². The first-order valence-corrected chi connectivity index (χ1v) is 16.7. The Kier molecular flexibility index (Phi) is 8.15. The summed E-state index contributed by atoms with van der Waals surface area (Å²) in [6.45, 7) is 6.17. The molecule has 3 aliphatic rings. The second-order valence-corrected chi connectivity index (χ2v) is 14.5. The number of nitrogens with one attached hydrogen (secondary N) is 1. The smallest absolute Gasteiger partial charge is 0.211 e. The Morgan fingerprint density at radius 1 is 1.25 bits per heavy atom. The quantitative estimate of drug-likeness (QED) is 0.344. The van der Waals surface area contributed by atoms with Crippen molar-refractivity contribution in [2.24, 2.45) is 11.8 Å². The molecule has 9 heteroatoms. The number of aryl methyl sites for hydroxylation is 2. The fourth-order valence-electron chi connectivity index (χ4n) is 7.10. The first kappa shape index (κ1) is 28.8. The summed E-state index contributed by atoms with van der Waals surface area (Å²) < 4.78 is 25.7. The average molecular weight is 580 g/mol. The van der Waals surface area contributed by atoms with Crippen molar-refractivity contribution in [3.63, 3.8) is 0 Å². The van der Waals surface area contributed by atoms with E-state index in [1.165, 1.54) is 22.9 Å². The molecule has 5 rings (SSSR count). The lowest BCUT2D eigenvalue weighted by Crippen LogP contribution is -2.49. The summed E-state index contributed by atoms with van der Waals surface area (Å²) in [5.74, 6) is 0.950.